The van der Waals surface area contributed by atoms with E-state index in [0.717, 1.165) is 25.5 Å². The van der Waals surface area contributed by atoms with Gasteiger partial charge in [-0.05, 0) is 12.3 Å². The predicted octanol–water partition coefficient (Wildman–Crippen LogP) is -1.02. The van der Waals surface area contributed by atoms with Crippen molar-refractivity contribution in [2.75, 3.05) is 0 Å². The SMILES string of the molecule is NS(=O)(=O)c1cn(CCC2CC2)c(=O)[nH]c1=O. The van der Waals surface area contributed by atoms with Gasteiger partial charge in [0.2, 0.25) is 10.0 Å². The Labute approximate surface area is 97.3 Å². The first-order valence-electron chi connectivity index (χ1n) is 5.24. The Morgan fingerprint density at radius 2 is 2.06 bits per heavy atom. The minimum absolute atomic E-state index is 0.392. The van der Waals surface area contributed by atoms with E-state index < -0.39 is 26.2 Å². The van der Waals surface area contributed by atoms with Crippen LogP contribution < -0.4 is 16.4 Å². The summed E-state index contributed by atoms with van der Waals surface area (Å²) >= 11 is 0. The largest absolute Gasteiger partial charge is 0.328 e. The number of rotatable bonds is 4. The summed E-state index contributed by atoms with van der Waals surface area (Å²) in [4.78, 5) is 24.1. The van der Waals surface area contributed by atoms with Crippen LogP contribution in [-0.2, 0) is 16.6 Å². The molecule has 17 heavy (non-hydrogen) atoms. The van der Waals surface area contributed by atoms with E-state index in [-0.39, 0.29) is 0 Å². The number of nitrogens with zero attached hydrogens (tertiary/aromatic N) is 1. The van der Waals surface area contributed by atoms with Crippen LogP contribution in [0.3, 0.4) is 0 Å². The van der Waals surface area contributed by atoms with Gasteiger partial charge >= 0.3 is 5.69 Å². The molecule has 0 amide bonds. The van der Waals surface area contributed by atoms with Gasteiger partial charge in [0.05, 0.1) is 0 Å². The van der Waals surface area contributed by atoms with Gasteiger partial charge in [-0.25, -0.2) is 18.4 Å². The number of nitrogens with one attached hydrogen (secondary N) is 1. The maximum Gasteiger partial charge on any atom is 0.328 e. The maximum atomic E-state index is 11.4. The van der Waals surface area contributed by atoms with Crippen molar-refractivity contribution in [2.24, 2.45) is 11.1 Å². The number of nitrogens with two attached hydrogens (primary N) is 1. The molecule has 1 saturated carbocycles. The molecular formula is C9H13N3O4S. The normalized spacial score (nSPS) is 16.1. The second kappa shape index (κ2) is 4.11. The molecule has 1 heterocycles. The van der Waals surface area contributed by atoms with E-state index in [9.17, 15) is 18.0 Å². The van der Waals surface area contributed by atoms with E-state index in [1.165, 1.54) is 4.57 Å². The second-order valence-electron chi connectivity index (χ2n) is 4.22. The van der Waals surface area contributed by atoms with Gasteiger partial charge in [-0.3, -0.25) is 14.3 Å². The lowest BCUT2D eigenvalue weighted by molar-refractivity contribution is 0.554. The van der Waals surface area contributed by atoms with Crippen LogP contribution in [0.25, 0.3) is 0 Å². The van der Waals surface area contributed by atoms with Crippen LogP contribution in [0.15, 0.2) is 20.7 Å². The summed E-state index contributed by atoms with van der Waals surface area (Å²) in [6.07, 6.45) is 4.09. The lowest BCUT2D eigenvalue weighted by Crippen LogP contribution is -2.34. The van der Waals surface area contributed by atoms with Crippen molar-refractivity contribution < 1.29 is 8.42 Å². The molecule has 1 fully saturated rings. The number of aryl methyl sites for hydroxylation is 1. The van der Waals surface area contributed by atoms with E-state index >= 15 is 0 Å². The molecule has 0 spiro atoms. The Balaban J connectivity index is 2.38. The van der Waals surface area contributed by atoms with E-state index in [1.54, 1.807) is 0 Å². The summed E-state index contributed by atoms with van der Waals surface area (Å²) in [5, 5.41) is 4.88. The van der Waals surface area contributed by atoms with Crippen molar-refractivity contribution in [3.8, 4) is 0 Å². The number of sulfonamides is 1. The molecule has 0 unspecified atom stereocenters. The van der Waals surface area contributed by atoms with E-state index in [4.69, 9.17) is 5.14 Å². The molecule has 0 aromatic carbocycles. The molecule has 0 atom stereocenters. The van der Waals surface area contributed by atoms with Gasteiger partial charge < -0.3 is 0 Å². The fourth-order valence-corrected chi connectivity index (χ4v) is 2.17. The fraction of sp³-hybridized carbons (Fsp3) is 0.556. The zero-order valence-electron chi connectivity index (χ0n) is 9.05. The van der Waals surface area contributed by atoms with Gasteiger partial charge in [-0.1, -0.05) is 12.8 Å². The summed E-state index contributed by atoms with van der Waals surface area (Å²) in [7, 11) is -4.10. The summed E-state index contributed by atoms with van der Waals surface area (Å²) in [6, 6.07) is 0. The minimum atomic E-state index is -4.10. The van der Waals surface area contributed by atoms with Crippen molar-refractivity contribution in [3.05, 3.63) is 27.0 Å². The van der Waals surface area contributed by atoms with Gasteiger partial charge in [0.1, 0.15) is 0 Å². The highest BCUT2D eigenvalue weighted by molar-refractivity contribution is 7.89. The van der Waals surface area contributed by atoms with Crippen LogP contribution in [0.1, 0.15) is 19.3 Å². The summed E-state index contributed by atoms with van der Waals surface area (Å²) in [5.74, 6) is 0.603. The Kier molecular flexibility index (Phi) is 2.92. The molecule has 7 nitrogen and oxygen atoms in total. The molecule has 0 aliphatic heterocycles. The molecule has 0 bridgehead atoms. The van der Waals surface area contributed by atoms with Crippen LogP contribution >= 0.6 is 0 Å². The summed E-state index contributed by atoms with van der Waals surface area (Å²) < 4.78 is 23.4. The second-order valence-corrected chi connectivity index (χ2v) is 5.75. The number of hydrogen-bond donors (Lipinski definition) is 2. The van der Waals surface area contributed by atoms with E-state index in [1.807, 2.05) is 4.98 Å². The standard InChI is InChI=1S/C9H13N3O4S/c10-17(15,16)7-5-12(4-3-6-1-2-6)9(14)11-8(7)13/h5-6H,1-4H2,(H2,10,15,16)(H,11,13,14). The van der Waals surface area contributed by atoms with Gasteiger partial charge in [0.25, 0.3) is 5.56 Å². The molecule has 0 radical (unpaired) electrons. The first-order valence-corrected chi connectivity index (χ1v) is 6.79. The fourth-order valence-electron chi connectivity index (χ4n) is 1.59. The number of aromatic nitrogens is 2. The van der Waals surface area contributed by atoms with Crippen LogP contribution in [-0.4, -0.2) is 18.0 Å². The average Bonchev–Trinajstić information content (AvgIpc) is 2.98. The Bertz CT molecular complexity index is 639. The van der Waals surface area contributed by atoms with Crippen molar-refractivity contribution in [2.45, 2.75) is 30.7 Å². The predicted molar refractivity (Wildman–Crippen MR) is 60.0 cm³/mol. The molecule has 94 valence electrons. The minimum Gasteiger partial charge on any atom is -0.299 e. The summed E-state index contributed by atoms with van der Waals surface area (Å²) in [5.41, 5.74) is -1.58. The third-order valence-electron chi connectivity index (χ3n) is 2.76. The van der Waals surface area contributed by atoms with Crippen molar-refractivity contribution >= 4 is 10.0 Å². The van der Waals surface area contributed by atoms with Crippen LogP contribution in [0.4, 0.5) is 0 Å². The van der Waals surface area contributed by atoms with Crippen LogP contribution in [0.2, 0.25) is 0 Å². The number of hydrogen-bond acceptors (Lipinski definition) is 4. The van der Waals surface area contributed by atoms with E-state index in [2.05, 4.69) is 0 Å². The van der Waals surface area contributed by atoms with Gasteiger partial charge in [-0.15, -0.1) is 0 Å². The monoisotopic (exact) mass is 259 g/mol. The lowest BCUT2D eigenvalue weighted by Gasteiger charge is -2.05. The topological polar surface area (TPSA) is 115 Å². The molecule has 1 aromatic rings. The van der Waals surface area contributed by atoms with Crippen LogP contribution in [0.5, 0.6) is 0 Å². The molecular weight excluding hydrogens is 246 g/mol. The highest BCUT2D eigenvalue weighted by Gasteiger charge is 2.21. The van der Waals surface area contributed by atoms with E-state index in [0.29, 0.717) is 12.5 Å². The molecule has 1 aliphatic rings. The van der Waals surface area contributed by atoms with Crippen molar-refractivity contribution in [3.63, 3.8) is 0 Å². The molecule has 1 aliphatic carbocycles. The smallest absolute Gasteiger partial charge is 0.299 e. The molecule has 2 rings (SSSR count). The average molecular weight is 259 g/mol. The zero-order chi connectivity index (χ0) is 12.6. The lowest BCUT2D eigenvalue weighted by atomic mass is 10.3. The number of aromatic amines is 1. The van der Waals surface area contributed by atoms with Crippen LogP contribution in [0, 0.1) is 5.92 Å². The molecule has 3 N–H and O–H groups in total. The molecule has 8 heteroatoms. The Hall–Kier alpha value is -1.41. The number of primary sulfonamides is 1. The van der Waals surface area contributed by atoms with Crippen molar-refractivity contribution in [1.82, 2.24) is 9.55 Å². The quantitative estimate of drug-likeness (QED) is 0.720. The highest BCUT2D eigenvalue weighted by atomic mass is 32.2. The third kappa shape index (κ3) is 2.83. The molecule has 1 aromatic heterocycles. The van der Waals surface area contributed by atoms with Gasteiger partial charge in [0, 0.05) is 12.7 Å². The highest BCUT2D eigenvalue weighted by Crippen LogP contribution is 2.32. The number of H-pyrrole nitrogens is 1. The Morgan fingerprint density at radius 3 is 2.59 bits per heavy atom. The van der Waals surface area contributed by atoms with Gasteiger partial charge in [-0.2, -0.15) is 0 Å². The zero-order valence-corrected chi connectivity index (χ0v) is 9.87. The first kappa shape index (κ1) is 12.1. The summed E-state index contributed by atoms with van der Waals surface area (Å²) in [6.45, 7) is 0.392. The maximum absolute atomic E-state index is 11.4. The third-order valence-corrected chi connectivity index (χ3v) is 3.66. The van der Waals surface area contributed by atoms with Gasteiger partial charge in [0.15, 0.2) is 4.90 Å². The first-order chi connectivity index (χ1) is 7.88. The van der Waals surface area contributed by atoms with Crippen molar-refractivity contribution in [1.29, 1.82) is 0 Å². The molecule has 0 saturated heterocycles. The Morgan fingerprint density at radius 1 is 1.41 bits per heavy atom.